The number of rotatable bonds is 35. The van der Waals surface area contributed by atoms with Crippen molar-refractivity contribution in [3.8, 4) is 12.3 Å². The number of nitrogens with two attached hydrogens (primary N) is 1. The van der Waals surface area contributed by atoms with E-state index in [9.17, 15) is 34.8 Å². The van der Waals surface area contributed by atoms with Crippen molar-refractivity contribution in [1.82, 2.24) is 0 Å². The molecule has 4 atom stereocenters. The number of esters is 3. The van der Waals surface area contributed by atoms with Gasteiger partial charge in [0.2, 0.25) is 0 Å². The van der Waals surface area contributed by atoms with E-state index in [1.165, 1.54) is 97.3 Å². The largest absolute Gasteiger partial charge is 0.463 e. The Hall–Kier alpha value is -3.43. The van der Waals surface area contributed by atoms with Gasteiger partial charge in [-0.1, -0.05) is 122 Å². The van der Waals surface area contributed by atoms with E-state index in [1.54, 1.807) is 24.3 Å². The number of anilines is 1. The molecule has 346 valence electrons. The summed E-state index contributed by atoms with van der Waals surface area (Å²) in [5.74, 6) is 1.58. The molecule has 1 rings (SSSR count). The number of ether oxygens (including phenoxy) is 3. The fraction of sp³-hybridized carbons (Fsp3) is 0.735. The number of allylic oxidation sites excluding steroid dienone is 1. The zero-order valence-electron chi connectivity index (χ0n) is 37.8. The molecule has 11 nitrogen and oxygen atoms in total. The predicted molar refractivity (Wildman–Crippen MR) is 243 cm³/mol. The van der Waals surface area contributed by atoms with Crippen LogP contribution in [0.15, 0.2) is 36.9 Å². The monoisotopic (exact) mass is 848 g/mol. The number of aliphatic hydroxyl groups excluding tert-OH is 4. The molecule has 0 amide bonds. The number of terminal acetylenes is 1. The Balaban J connectivity index is 0. The number of aliphatic hydroxyl groups is 4. The molecule has 0 aromatic heterocycles. The molecular weight excluding hydrogens is 763 g/mol. The quantitative estimate of drug-likeness (QED) is 0.0109. The van der Waals surface area contributed by atoms with Crippen LogP contribution >= 0.6 is 0 Å². The second kappa shape index (κ2) is 43.7. The first-order valence-corrected chi connectivity index (χ1v) is 22.9. The number of carbonyl (C=O) groups is 3. The summed E-state index contributed by atoms with van der Waals surface area (Å²) in [5, 5.41) is 38.8. The van der Waals surface area contributed by atoms with Crippen LogP contribution in [0.5, 0.6) is 0 Å². The van der Waals surface area contributed by atoms with E-state index < -0.39 is 36.4 Å². The number of benzene rings is 1. The maximum absolute atomic E-state index is 11.4. The highest BCUT2D eigenvalue weighted by atomic mass is 16.5. The molecule has 0 aliphatic heterocycles. The Bertz CT molecular complexity index is 1200. The van der Waals surface area contributed by atoms with Crippen LogP contribution in [0.4, 0.5) is 5.69 Å². The molecule has 0 aliphatic rings. The van der Waals surface area contributed by atoms with Crippen molar-refractivity contribution in [3.05, 3.63) is 42.5 Å². The highest BCUT2D eigenvalue weighted by Gasteiger charge is 2.14. The van der Waals surface area contributed by atoms with E-state index in [0.717, 1.165) is 57.8 Å². The Morgan fingerprint density at radius 1 is 0.633 bits per heavy atom. The first-order chi connectivity index (χ1) is 28.9. The van der Waals surface area contributed by atoms with Gasteiger partial charge in [-0.25, -0.2) is 4.79 Å². The van der Waals surface area contributed by atoms with Gasteiger partial charge in [-0.15, -0.1) is 18.9 Å². The van der Waals surface area contributed by atoms with Crippen LogP contribution in [0, 0.1) is 12.3 Å². The lowest BCUT2D eigenvalue weighted by atomic mass is 10.0. The SMILES string of the molecule is C#CCCCCCCCCCCCC(O)CC(O)COC(C)=O.C=CCCCCCCCCCCCC(O)CC(O)COC(C)=O.CCCCOC(=O)c1ccc(N)cc1. The summed E-state index contributed by atoms with van der Waals surface area (Å²) < 4.78 is 14.4. The highest BCUT2D eigenvalue weighted by Crippen LogP contribution is 2.15. The average molecular weight is 848 g/mol. The minimum Gasteiger partial charge on any atom is -0.463 e. The summed E-state index contributed by atoms with van der Waals surface area (Å²) in [6.45, 7) is 8.82. The second-order valence-corrected chi connectivity index (χ2v) is 15.8. The van der Waals surface area contributed by atoms with E-state index in [2.05, 4.69) is 19.4 Å². The van der Waals surface area contributed by atoms with E-state index in [1.807, 2.05) is 6.08 Å². The Morgan fingerprint density at radius 3 is 1.42 bits per heavy atom. The molecule has 0 spiro atoms. The summed E-state index contributed by atoms with van der Waals surface area (Å²) in [7, 11) is 0. The lowest BCUT2D eigenvalue weighted by Gasteiger charge is -2.15. The second-order valence-electron chi connectivity index (χ2n) is 15.8. The van der Waals surface area contributed by atoms with Gasteiger partial charge in [0.15, 0.2) is 0 Å². The van der Waals surface area contributed by atoms with Crippen molar-refractivity contribution >= 4 is 23.6 Å². The molecule has 0 radical (unpaired) electrons. The zero-order chi connectivity index (χ0) is 45.1. The molecule has 4 unspecified atom stereocenters. The van der Waals surface area contributed by atoms with Gasteiger partial charge in [0, 0.05) is 38.8 Å². The summed E-state index contributed by atoms with van der Waals surface area (Å²) in [6.07, 6.45) is 32.5. The van der Waals surface area contributed by atoms with Gasteiger partial charge in [0.25, 0.3) is 0 Å². The average Bonchev–Trinajstić information content (AvgIpc) is 3.21. The first-order valence-electron chi connectivity index (χ1n) is 22.9. The van der Waals surface area contributed by atoms with Crippen LogP contribution in [0.25, 0.3) is 0 Å². The first kappa shape index (κ1) is 58.7. The third-order valence-corrected chi connectivity index (χ3v) is 9.73. The van der Waals surface area contributed by atoms with E-state index >= 15 is 0 Å². The third kappa shape index (κ3) is 44.1. The molecule has 11 heteroatoms. The number of nitrogen functional groups attached to an aromatic ring is 1. The molecule has 6 N–H and O–H groups in total. The van der Waals surface area contributed by atoms with E-state index in [4.69, 9.17) is 26.4 Å². The van der Waals surface area contributed by atoms with Crippen LogP contribution in [0.1, 0.15) is 198 Å². The minimum atomic E-state index is -0.775. The Kier molecular flexibility index (Phi) is 42.7. The lowest BCUT2D eigenvalue weighted by Crippen LogP contribution is -2.23. The van der Waals surface area contributed by atoms with E-state index in [-0.39, 0.29) is 32.0 Å². The van der Waals surface area contributed by atoms with Crippen molar-refractivity contribution in [2.75, 3.05) is 25.6 Å². The summed E-state index contributed by atoms with van der Waals surface area (Å²) >= 11 is 0. The fourth-order valence-electron chi connectivity index (χ4n) is 6.19. The summed E-state index contributed by atoms with van der Waals surface area (Å²) in [4.78, 5) is 32.6. The van der Waals surface area contributed by atoms with Gasteiger partial charge < -0.3 is 40.4 Å². The van der Waals surface area contributed by atoms with Gasteiger partial charge in [-0.2, -0.15) is 0 Å². The predicted octanol–water partition coefficient (Wildman–Crippen LogP) is 9.95. The zero-order valence-corrected chi connectivity index (χ0v) is 37.8. The number of carbonyl (C=O) groups excluding carboxylic acids is 3. The van der Waals surface area contributed by atoms with Gasteiger partial charge in [-0.3, -0.25) is 9.59 Å². The van der Waals surface area contributed by atoms with Crippen molar-refractivity contribution in [2.45, 2.75) is 212 Å². The lowest BCUT2D eigenvalue weighted by molar-refractivity contribution is -0.145. The highest BCUT2D eigenvalue weighted by molar-refractivity contribution is 5.89. The fourth-order valence-corrected chi connectivity index (χ4v) is 6.19. The van der Waals surface area contributed by atoms with Crippen LogP contribution in [-0.4, -0.2) is 82.6 Å². The smallest absolute Gasteiger partial charge is 0.338 e. The van der Waals surface area contributed by atoms with Gasteiger partial charge >= 0.3 is 17.9 Å². The summed E-state index contributed by atoms with van der Waals surface area (Å²) in [6, 6.07) is 6.72. The van der Waals surface area contributed by atoms with Gasteiger partial charge in [-0.05, 0) is 62.8 Å². The molecule has 60 heavy (non-hydrogen) atoms. The topological polar surface area (TPSA) is 186 Å². The molecule has 0 bridgehead atoms. The maximum Gasteiger partial charge on any atom is 0.338 e. The summed E-state index contributed by atoms with van der Waals surface area (Å²) in [5.41, 5.74) is 6.70. The number of hydrogen-bond acceptors (Lipinski definition) is 11. The van der Waals surface area contributed by atoms with Crippen molar-refractivity contribution in [2.24, 2.45) is 0 Å². The van der Waals surface area contributed by atoms with Crippen LogP contribution < -0.4 is 5.73 Å². The number of unbranched alkanes of at least 4 members (excludes halogenated alkanes) is 19. The van der Waals surface area contributed by atoms with Gasteiger partial charge in [0.05, 0.1) is 36.6 Å². The third-order valence-electron chi connectivity index (χ3n) is 9.73. The van der Waals surface area contributed by atoms with Crippen LogP contribution in [0.2, 0.25) is 0 Å². The molecule has 1 aromatic carbocycles. The van der Waals surface area contributed by atoms with Crippen molar-refractivity contribution < 1.29 is 49.0 Å². The van der Waals surface area contributed by atoms with Crippen molar-refractivity contribution in [1.29, 1.82) is 0 Å². The van der Waals surface area contributed by atoms with Crippen LogP contribution in [-0.2, 0) is 23.8 Å². The Labute approximate surface area is 364 Å². The molecule has 0 saturated heterocycles. The van der Waals surface area contributed by atoms with Crippen molar-refractivity contribution in [3.63, 3.8) is 0 Å². The molecular formula is C49H85NO10. The standard InChI is InChI=1S/C19H36O4.C19H34O4.C11H15NO2/c2*1-3-4-5-6-7-8-9-10-11-12-13-14-18(21)15-19(22)16-23-17(2)20;1-2-3-8-14-11(13)9-4-6-10(12)7-5-9/h3,18-19,21-22H,1,4-16H2,2H3;1,18-19,21-22H,4-16H2,2H3;4-7H,2-3,8,12H2,1H3. The molecule has 0 aliphatic carbocycles. The van der Waals surface area contributed by atoms with Gasteiger partial charge in [0.1, 0.15) is 13.2 Å². The molecule has 0 fully saturated rings. The molecule has 1 aromatic rings. The normalized spacial score (nSPS) is 12.6. The Morgan fingerprint density at radius 2 is 1.03 bits per heavy atom. The van der Waals surface area contributed by atoms with Crippen LogP contribution in [0.3, 0.4) is 0 Å². The maximum atomic E-state index is 11.4. The minimum absolute atomic E-state index is 0.0286. The molecule has 0 heterocycles. The molecule has 0 saturated carbocycles. The van der Waals surface area contributed by atoms with E-state index in [0.29, 0.717) is 30.7 Å². The number of hydrogen-bond donors (Lipinski definition) is 5.